The Labute approximate surface area is 143 Å². The number of rotatable bonds is 5. The third kappa shape index (κ3) is 4.32. The topological polar surface area (TPSA) is 95.7 Å². The molecule has 1 aromatic rings. The van der Waals surface area contributed by atoms with Crippen LogP contribution in [0, 0.1) is 5.92 Å². The number of anilines is 1. The fourth-order valence-electron chi connectivity index (χ4n) is 2.41. The van der Waals surface area contributed by atoms with Gasteiger partial charge in [0.1, 0.15) is 0 Å². The van der Waals surface area contributed by atoms with Gasteiger partial charge in [0.05, 0.1) is 10.8 Å². The molecule has 1 aliphatic rings. The van der Waals surface area contributed by atoms with Gasteiger partial charge < -0.3 is 16.0 Å². The molecule has 0 aromatic heterocycles. The molecule has 2 atom stereocenters. The molecule has 0 spiro atoms. The van der Waals surface area contributed by atoms with Crippen molar-refractivity contribution in [2.45, 2.75) is 24.8 Å². The van der Waals surface area contributed by atoms with Gasteiger partial charge >= 0.3 is 0 Å². The lowest BCUT2D eigenvalue weighted by Crippen LogP contribution is -2.47. The van der Waals surface area contributed by atoms with E-state index in [0.29, 0.717) is 31.9 Å². The first-order chi connectivity index (χ1) is 11.2. The molecule has 0 radical (unpaired) electrons. The highest BCUT2D eigenvalue weighted by atomic mass is 32.2. The third-order valence-corrected chi connectivity index (χ3v) is 6.30. The average Bonchev–Trinajstić information content (AvgIpc) is 2.54. The summed E-state index contributed by atoms with van der Waals surface area (Å²) in [5.74, 6) is -0.581. The highest BCUT2D eigenvalue weighted by Gasteiger charge is 2.27. The van der Waals surface area contributed by atoms with Crippen LogP contribution in [0.1, 0.15) is 13.8 Å². The van der Waals surface area contributed by atoms with Gasteiger partial charge in [0, 0.05) is 37.9 Å². The lowest BCUT2D eigenvalue weighted by atomic mass is 10.0. The minimum absolute atomic E-state index is 0.193. The van der Waals surface area contributed by atoms with Crippen LogP contribution in [-0.2, 0) is 14.8 Å². The van der Waals surface area contributed by atoms with Gasteiger partial charge in [-0.25, -0.2) is 8.42 Å². The zero-order valence-corrected chi connectivity index (χ0v) is 15.2. The van der Waals surface area contributed by atoms with Crippen molar-refractivity contribution < 1.29 is 13.2 Å². The van der Waals surface area contributed by atoms with E-state index in [1.54, 1.807) is 32.0 Å². The number of hydrogen-bond acceptors (Lipinski definition) is 5. The van der Waals surface area contributed by atoms with Crippen molar-refractivity contribution in [3.8, 4) is 0 Å². The summed E-state index contributed by atoms with van der Waals surface area (Å²) in [5, 5.41) is 2.74. The maximum atomic E-state index is 12.7. The number of nitrogens with one attached hydrogen (secondary N) is 1. The summed E-state index contributed by atoms with van der Waals surface area (Å²) >= 11 is 0. The van der Waals surface area contributed by atoms with E-state index >= 15 is 0 Å². The average molecular weight is 354 g/mol. The van der Waals surface area contributed by atoms with Crippen LogP contribution < -0.4 is 11.1 Å². The molecule has 0 saturated carbocycles. The summed E-state index contributed by atoms with van der Waals surface area (Å²) in [4.78, 5) is 14.4. The molecule has 134 valence electrons. The maximum Gasteiger partial charge on any atom is 0.243 e. The number of hydrogen-bond donors (Lipinski definition) is 2. The van der Waals surface area contributed by atoms with Crippen LogP contribution in [0.4, 0.5) is 5.69 Å². The largest absolute Gasteiger partial charge is 0.327 e. The Morgan fingerprint density at radius 2 is 1.83 bits per heavy atom. The van der Waals surface area contributed by atoms with Gasteiger partial charge in [-0.3, -0.25) is 4.79 Å². The number of nitrogens with zero attached hydrogens (tertiary/aromatic N) is 2. The first-order valence-corrected chi connectivity index (χ1v) is 9.51. The molecule has 1 saturated heterocycles. The molecule has 1 aromatic carbocycles. The summed E-state index contributed by atoms with van der Waals surface area (Å²) in [6, 6.07) is 6.09. The predicted octanol–water partition coefficient (Wildman–Crippen LogP) is 0.545. The molecule has 0 aliphatic carbocycles. The molecule has 1 aliphatic heterocycles. The lowest BCUT2D eigenvalue weighted by molar-refractivity contribution is -0.119. The van der Waals surface area contributed by atoms with Crippen LogP contribution >= 0.6 is 0 Å². The minimum atomic E-state index is -3.55. The smallest absolute Gasteiger partial charge is 0.243 e. The van der Waals surface area contributed by atoms with Crippen LogP contribution in [-0.4, -0.2) is 62.8 Å². The zero-order valence-electron chi connectivity index (χ0n) is 14.4. The van der Waals surface area contributed by atoms with Crippen LogP contribution in [0.3, 0.4) is 0 Å². The van der Waals surface area contributed by atoms with E-state index in [9.17, 15) is 13.2 Å². The molecule has 8 heteroatoms. The Morgan fingerprint density at radius 3 is 2.42 bits per heavy atom. The van der Waals surface area contributed by atoms with Crippen LogP contribution in [0.5, 0.6) is 0 Å². The summed E-state index contributed by atoms with van der Waals surface area (Å²) in [6.07, 6.45) is 0. The van der Waals surface area contributed by atoms with E-state index in [-0.39, 0.29) is 22.8 Å². The van der Waals surface area contributed by atoms with Gasteiger partial charge in [0.2, 0.25) is 15.9 Å². The third-order valence-electron chi connectivity index (χ3n) is 4.40. The number of amides is 1. The number of carbonyl (C=O) groups excluding carboxylic acids is 1. The number of carbonyl (C=O) groups is 1. The Bertz CT molecular complexity index is 682. The predicted molar refractivity (Wildman–Crippen MR) is 94.1 cm³/mol. The second kappa shape index (κ2) is 7.60. The van der Waals surface area contributed by atoms with Crippen molar-refractivity contribution in [2.75, 3.05) is 38.5 Å². The highest BCUT2D eigenvalue weighted by molar-refractivity contribution is 7.89. The van der Waals surface area contributed by atoms with Crippen LogP contribution in [0.25, 0.3) is 0 Å². The quantitative estimate of drug-likeness (QED) is 0.805. The molecule has 7 nitrogen and oxygen atoms in total. The molecule has 24 heavy (non-hydrogen) atoms. The van der Waals surface area contributed by atoms with Crippen molar-refractivity contribution in [3.63, 3.8) is 0 Å². The first-order valence-electron chi connectivity index (χ1n) is 8.07. The lowest BCUT2D eigenvalue weighted by Gasteiger charge is -2.31. The van der Waals surface area contributed by atoms with Crippen LogP contribution in [0.2, 0.25) is 0 Å². The standard InChI is InChI=1S/C16H26N4O3S/c1-12(13(2)17)16(21)18-14-5-4-6-15(11-14)24(22,23)20-9-7-19(3)8-10-20/h4-6,11-13H,7-10,17H2,1-3H3,(H,18,21). The summed E-state index contributed by atoms with van der Waals surface area (Å²) in [5.41, 5.74) is 6.19. The summed E-state index contributed by atoms with van der Waals surface area (Å²) < 4.78 is 27.0. The van der Waals surface area contributed by atoms with Crippen molar-refractivity contribution in [2.24, 2.45) is 11.7 Å². The second-order valence-electron chi connectivity index (χ2n) is 6.37. The molecule has 2 unspecified atom stereocenters. The number of benzene rings is 1. The maximum absolute atomic E-state index is 12.7. The molecule has 2 rings (SSSR count). The van der Waals surface area contributed by atoms with Gasteiger partial charge in [-0.1, -0.05) is 13.0 Å². The zero-order chi connectivity index (χ0) is 17.9. The molecular weight excluding hydrogens is 328 g/mol. The van der Waals surface area contributed by atoms with Crippen molar-refractivity contribution in [1.29, 1.82) is 0 Å². The number of nitrogens with two attached hydrogens (primary N) is 1. The van der Waals surface area contributed by atoms with E-state index < -0.39 is 10.0 Å². The monoisotopic (exact) mass is 354 g/mol. The normalized spacial score (nSPS) is 19.7. The van der Waals surface area contributed by atoms with Gasteiger partial charge in [-0.15, -0.1) is 0 Å². The minimum Gasteiger partial charge on any atom is -0.327 e. The second-order valence-corrected chi connectivity index (χ2v) is 8.31. The fourth-order valence-corrected chi connectivity index (χ4v) is 3.88. The molecule has 1 heterocycles. The van der Waals surface area contributed by atoms with E-state index in [1.165, 1.54) is 10.4 Å². The fraction of sp³-hybridized carbons (Fsp3) is 0.562. The summed E-state index contributed by atoms with van der Waals surface area (Å²) in [6.45, 7) is 5.86. The van der Waals surface area contributed by atoms with Crippen molar-refractivity contribution in [1.82, 2.24) is 9.21 Å². The summed E-state index contributed by atoms with van der Waals surface area (Å²) in [7, 11) is -1.58. The van der Waals surface area contributed by atoms with Crippen molar-refractivity contribution in [3.05, 3.63) is 24.3 Å². The molecular formula is C16H26N4O3S. The van der Waals surface area contributed by atoms with Gasteiger partial charge in [-0.05, 0) is 32.2 Å². The SMILES string of the molecule is CC(N)C(C)C(=O)Nc1cccc(S(=O)(=O)N2CCN(C)CC2)c1. The van der Waals surface area contributed by atoms with Crippen LogP contribution in [0.15, 0.2) is 29.2 Å². The van der Waals surface area contributed by atoms with Crippen molar-refractivity contribution >= 4 is 21.6 Å². The highest BCUT2D eigenvalue weighted by Crippen LogP contribution is 2.21. The van der Waals surface area contributed by atoms with E-state index in [1.807, 2.05) is 7.05 Å². The van der Waals surface area contributed by atoms with Gasteiger partial charge in [0.15, 0.2) is 0 Å². The first kappa shape index (κ1) is 18.9. The van der Waals surface area contributed by atoms with E-state index in [2.05, 4.69) is 10.2 Å². The Morgan fingerprint density at radius 1 is 1.21 bits per heavy atom. The van der Waals surface area contributed by atoms with Gasteiger partial charge in [-0.2, -0.15) is 4.31 Å². The van der Waals surface area contributed by atoms with E-state index in [0.717, 1.165) is 0 Å². The van der Waals surface area contributed by atoms with Gasteiger partial charge in [0.25, 0.3) is 0 Å². The molecule has 1 fully saturated rings. The Hall–Kier alpha value is -1.48. The Balaban J connectivity index is 2.16. The Kier molecular flexibility index (Phi) is 5.97. The number of likely N-dealkylation sites (N-methyl/N-ethyl adjacent to an activating group) is 1. The molecule has 1 amide bonds. The number of piperazine rings is 1. The molecule has 3 N–H and O–H groups in total. The van der Waals surface area contributed by atoms with E-state index in [4.69, 9.17) is 5.73 Å². The molecule has 0 bridgehead atoms. The number of sulfonamides is 1.